The van der Waals surface area contributed by atoms with Crippen molar-refractivity contribution in [3.63, 3.8) is 0 Å². The summed E-state index contributed by atoms with van der Waals surface area (Å²) in [7, 11) is -4.15. The van der Waals surface area contributed by atoms with Crippen LogP contribution in [0.4, 0.5) is 4.39 Å². The Balaban J connectivity index is 2.52. The van der Waals surface area contributed by atoms with Crippen LogP contribution in [0, 0.1) is 5.82 Å². The molecule has 0 saturated carbocycles. The van der Waals surface area contributed by atoms with Crippen LogP contribution in [-0.4, -0.2) is 36.6 Å². The molecular formula is C12H13FN2O4S. The summed E-state index contributed by atoms with van der Waals surface area (Å²) >= 11 is 0. The maximum Gasteiger partial charge on any atom is 0.247 e. The van der Waals surface area contributed by atoms with Gasteiger partial charge in [-0.1, -0.05) is 6.07 Å². The van der Waals surface area contributed by atoms with Crippen LogP contribution in [0.15, 0.2) is 29.2 Å². The van der Waals surface area contributed by atoms with Gasteiger partial charge in [-0.2, -0.15) is 4.31 Å². The van der Waals surface area contributed by atoms with Crippen LogP contribution in [-0.2, 0) is 19.6 Å². The Kier molecular flexibility index (Phi) is 3.39. The van der Waals surface area contributed by atoms with Gasteiger partial charge in [0.1, 0.15) is 11.4 Å². The third-order valence-corrected chi connectivity index (χ3v) is 5.12. The SMILES string of the molecule is CC1(C)C(=O)NC(=O)CN1S(=O)(=O)c1cccc(F)c1. The van der Waals surface area contributed by atoms with Crippen molar-refractivity contribution < 1.29 is 22.4 Å². The van der Waals surface area contributed by atoms with E-state index >= 15 is 0 Å². The lowest BCUT2D eigenvalue weighted by atomic mass is 10.0. The molecule has 1 aliphatic heterocycles. The van der Waals surface area contributed by atoms with Crippen LogP contribution in [0.2, 0.25) is 0 Å². The van der Waals surface area contributed by atoms with Gasteiger partial charge in [-0.3, -0.25) is 14.9 Å². The first-order valence-electron chi connectivity index (χ1n) is 5.78. The highest BCUT2D eigenvalue weighted by molar-refractivity contribution is 7.89. The van der Waals surface area contributed by atoms with Gasteiger partial charge in [0, 0.05) is 0 Å². The topological polar surface area (TPSA) is 83.6 Å². The number of piperazine rings is 1. The molecular weight excluding hydrogens is 287 g/mol. The van der Waals surface area contributed by atoms with Gasteiger partial charge in [-0.25, -0.2) is 12.8 Å². The molecule has 1 aromatic carbocycles. The quantitative estimate of drug-likeness (QED) is 0.794. The van der Waals surface area contributed by atoms with E-state index in [1.54, 1.807) is 0 Å². The number of benzene rings is 1. The number of imide groups is 1. The van der Waals surface area contributed by atoms with E-state index in [1.807, 2.05) is 0 Å². The fourth-order valence-corrected chi connectivity index (χ4v) is 3.64. The number of rotatable bonds is 2. The van der Waals surface area contributed by atoms with Gasteiger partial charge in [-0.05, 0) is 32.0 Å². The average Bonchev–Trinajstić information content (AvgIpc) is 2.34. The second kappa shape index (κ2) is 4.64. The molecule has 8 heteroatoms. The van der Waals surface area contributed by atoms with Crippen molar-refractivity contribution in [2.24, 2.45) is 0 Å². The number of nitrogens with zero attached hydrogens (tertiary/aromatic N) is 1. The van der Waals surface area contributed by atoms with E-state index < -0.39 is 39.7 Å². The fourth-order valence-electron chi connectivity index (χ4n) is 1.90. The molecule has 1 aliphatic rings. The van der Waals surface area contributed by atoms with Gasteiger partial charge in [0.25, 0.3) is 0 Å². The van der Waals surface area contributed by atoms with Crippen LogP contribution in [0.1, 0.15) is 13.8 Å². The smallest absolute Gasteiger partial charge is 0.247 e. The molecule has 108 valence electrons. The molecule has 0 aliphatic carbocycles. The molecule has 0 spiro atoms. The minimum Gasteiger partial charge on any atom is -0.294 e. The maximum atomic E-state index is 13.2. The summed E-state index contributed by atoms with van der Waals surface area (Å²) in [5.41, 5.74) is -1.43. The van der Waals surface area contributed by atoms with Gasteiger partial charge < -0.3 is 0 Å². The molecule has 2 rings (SSSR count). The zero-order chi connectivity index (χ0) is 15.1. The summed E-state index contributed by atoms with van der Waals surface area (Å²) in [5, 5.41) is 2.08. The average molecular weight is 300 g/mol. The highest BCUT2D eigenvalue weighted by atomic mass is 32.2. The molecule has 1 fully saturated rings. The standard InChI is InChI=1S/C12H13FN2O4S/c1-12(2)11(17)14-10(16)7-15(12)20(18,19)9-5-3-4-8(13)6-9/h3-6H,7H2,1-2H3,(H,14,16,17). The van der Waals surface area contributed by atoms with Crippen molar-refractivity contribution >= 4 is 21.8 Å². The van der Waals surface area contributed by atoms with Crippen LogP contribution in [0.25, 0.3) is 0 Å². The number of carbonyl (C=O) groups excluding carboxylic acids is 2. The molecule has 0 aromatic heterocycles. The molecule has 0 radical (unpaired) electrons. The van der Waals surface area contributed by atoms with Crippen molar-refractivity contribution in [2.75, 3.05) is 6.54 Å². The second-order valence-electron chi connectivity index (χ2n) is 4.91. The summed E-state index contributed by atoms with van der Waals surface area (Å²) < 4.78 is 38.9. The molecule has 1 saturated heterocycles. The van der Waals surface area contributed by atoms with E-state index in [0.29, 0.717) is 0 Å². The predicted octanol–water partition coefficient (Wildman–Crippen LogP) is 0.251. The Bertz CT molecular complexity index is 684. The Morgan fingerprint density at radius 1 is 1.30 bits per heavy atom. The van der Waals surface area contributed by atoms with Crippen molar-refractivity contribution in [1.29, 1.82) is 0 Å². The summed E-state index contributed by atoms with van der Waals surface area (Å²) in [5.74, 6) is -2.14. The molecule has 1 N–H and O–H groups in total. The summed E-state index contributed by atoms with van der Waals surface area (Å²) in [6.45, 7) is 2.27. The van der Waals surface area contributed by atoms with Gasteiger partial charge in [0.05, 0.1) is 11.4 Å². The van der Waals surface area contributed by atoms with Crippen LogP contribution in [0.3, 0.4) is 0 Å². The normalized spacial score (nSPS) is 19.8. The van der Waals surface area contributed by atoms with Crippen LogP contribution in [0.5, 0.6) is 0 Å². The number of hydrogen-bond donors (Lipinski definition) is 1. The van der Waals surface area contributed by atoms with Crippen LogP contribution < -0.4 is 5.32 Å². The van der Waals surface area contributed by atoms with Gasteiger partial charge >= 0.3 is 0 Å². The Labute approximate surface area is 115 Å². The first-order chi connectivity index (χ1) is 9.15. The first kappa shape index (κ1) is 14.6. The van der Waals surface area contributed by atoms with Crippen LogP contribution >= 0.6 is 0 Å². The third-order valence-electron chi connectivity index (χ3n) is 3.10. The number of hydrogen-bond acceptors (Lipinski definition) is 4. The minimum atomic E-state index is -4.15. The van der Waals surface area contributed by atoms with Crippen molar-refractivity contribution in [3.05, 3.63) is 30.1 Å². The number of nitrogens with one attached hydrogen (secondary N) is 1. The summed E-state index contributed by atoms with van der Waals surface area (Å²) in [6, 6.07) is 4.42. The molecule has 0 unspecified atom stereocenters. The fraction of sp³-hybridized carbons (Fsp3) is 0.333. The Morgan fingerprint density at radius 2 is 1.95 bits per heavy atom. The lowest BCUT2D eigenvalue weighted by Gasteiger charge is -2.38. The molecule has 6 nitrogen and oxygen atoms in total. The predicted molar refractivity (Wildman–Crippen MR) is 67.5 cm³/mol. The van der Waals surface area contributed by atoms with E-state index in [0.717, 1.165) is 16.4 Å². The Morgan fingerprint density at radius 3 is 2.55 bits per heavy atom. The maximum absolute atomic E-state index is 13.2. The monoisotopic (exact) mass is 300 g/mol. The lowest BCUT2D eigenvalue weighted by molar-refractivity contribution is -0.141. The van der Waals surface area contributed by atoms with Crippen molar-refractivity contribution in [3.8, 4) is 0 Å². The summed E-state index contributed by atoms with van der Waals surface area (Å²) in [4.78, 5) is 22.9. The zero-order valence-electron chi connectivity index (χ0n) is 10.9. The van der Waals surface area contributed by atoms with Gasteiger partial charge in [0.15, 0.2) is 0 Å². The molecule has 1 heterocycles. The van der Waals surface area contributed by atoms with E-state index in [4.69, 9.17) is 0 Å². The van der Waals surface area contributed by atoms with Crippen molar-refractivity contribution in [2.45, 2.75) is 24.3 Å². The van der Waals surface area contributed by atoms with Gasteiger partial charge in [-0.15, -0.1) is 0 Å². The van der Waals surface area contributed by atoms with E-state index in [9.17, 15) is 22.4 Å². The second-order valence-corrected chi connectivity index (χ2v) is 6.77. The van der Waals surface area contributed by atoms with Gasteiger partial charge in [0.2, 0.25) is 21.8 Å². The first-order valence-corrected chi connectivity index (χ1v) is 7.22. The molecule has 0 bridgehead atoms. The summed E-state index contributed by atoms with van der Waals surface area (Å²) in [6.07, 6.45) is 0. The molecule has 20 heavy (non-hydrogen) atoms. The lowest BCUT2D eigenvalue weighted by Crippen LogP contribution is -2.65. The molecule has 1 aromatic rings. The van der Waals surface area contributed by atoms with Crippen molar-refractivity contribution in [1.82, 2.24) is 9.62 Å². The van der Waals surface area contributed by atoms with E-state index in [1.165, 1.54) is 26.0 Å². The Hall–Kier alpha value is -1.80. The number of carbonyl (C=O) groups is 2. The molecule has 0 atom stereocenters. The van der Waals surface area contributed by atoms with E-state index in [-0.39, 0.29) is 4.90 Å². The number of sulfonamides is 1. The highest BCUT2D eigenvalue weighted by Crippen LogP contribution is 2.27. The van der Waals surface area contributed by atoms with E-state index in [2.05, 4.69) is 5.32 Å². The third kappa shape index (κ3) is 2.32. The zero-order valence-corrected chi connectivity index (χ0v) is 11.7. The largest absolute Gasteiger partial charge is 0.294 e. The number of amides is 2. The number of halogens is 1. The minimum absolute atomic E-state index is 0.298. The molecule has 2 amide bonds. The highest BCUT2D eigenvalue weighted by Gasteiger charge is 2.47.